The highest BCUT2D eigenvalue weighted by Crippen LogP contribution is 2.19. The van der Waals surface area contributed by atoms with Crippen LogP contribution in [0.5, 0.6) is 0 Å². The van der Waals surface area contributed by atoms with Gasteiger partial charge in [0, 0.05) is 13.5 Å². The Morgan fingerprint density at radius 2 is 1.04 bits per heavy atom. The van der Waals surface area contributed by atoms with Gasteiger partial charge < -0.3 is 11.1 Å². The normalized spacial score (nSPS) is 10.7. The van der Waals surface area contributed by atoms with Crippen LogP contribution in [-0.4, -0.2) is 24.3 Å². The highest BCUT2D eigenvalue weighted by Gasteiger charge is 2.00. The van der Waals surface area contributed by atoms with Crippen LogP contribution in [0, 0.1) is 27.7 Å². The molecular weight excluding hydrogens is 607 g/mol. The molecule has 0 saturated carbocycles. The van der Waals surface area contributed by atoms with Crippen LogP contribution < -0.4 is 11.1 Å². The van der Waals surface area contributed by atoms with E-state index >= 15 is 0 Å². The highest BCUT2D eigenvalue weighted by atomic mass is 35.5. The number of benzene rings is 4. The van der Waals surface area contributed by atoms with Gasteiger partial charge in [-0.1, -0.05) is 109 Å². The number of aryl methyl sites for hydroxylation is 6. The summed E-state index contributed by atoms with van der Waals surface area (Å²) in [6.45, 7) is 11.6. The zero-order chi connectivity index (χ0) is 33.7. The van der Waals surface area contributed by atoms with E-state index < -0.39 is 0 Å². The molecule has 4 aromatic carbocycles. The minimum absolute atomic E-state index is 0.0373. The molecular formula is C41H50Cl2N2O. The van der Waals surface area contributed by atoms with Gasteiger partial charge in [0.25, 0.3) is 0 Å². The third-order valence-electron chi connectivity index (χ3n) is 7.56. The zero-order valence-corrected chi connectivity index (χ0v) is 29.6. The molecule has 46 heavy (non-hydrogen) atoms. The Bertz CT molecular complexity index is 1520. The Kier molecular flexibility index (Phi) is 18.4. The summed E-state index contributed by atoms with van der Waals surface area (Å²) >= 11 is 9.53. The highest BCUT2D eigenvalue weighted by molar-refractivity contribution is 6.40. The van der Waals surface area contributed by atoms with E-state index in [1.165, 1.54) is 55.6 Å². The maximum Gasteiger partial charge on any atom is 0.216 e. The zero-order valence-electron chi connectivity index (χ0n) is 28.1. The number of hydrogen-bond donors (Lipinski definition) is 2. The molecule has 0 spiro atoms. The van der Waals surface area contributed by atoms with Crippen LogP contribution >= 0.6 is 23.2 Å². The van der Waals surface area contributed by atoms with E-state index in [-0.39, 0.29) is 11.2 Å². The molecule has 0 radical (unpaired) electrons. The van der Waals surface area contributed by atoms with Crippen molar-refractivity contribution in [3.63, 3.8) is 0 Å². The molecule has 0 aromatic heterocycles. The Labute approximate surface area is 287 Å². The van der Waals surface area contributed by atoms with E-state index in [0.29, 0.717) is 0 Å². The third-order valence-corrected chi connectivity index (χ3v) is 7.56. The molecule has 0 fully saturated rings. The number of carbonyl (C=O) groups is 1. The molecule has 0 unspecified atom stereocenters. The van der Waals surface area contributed by atoms with Gasteiger partial charge >= 0.3 is 0 Å². The van der Waals surface area contributed by atoms with Crippen LogP contribution in [0.2, 0.25) is 0 Å². The van der Waals surface area contributed by atoms with Gasteiger partial charge in [-0.05, 0) is 116 Å². The third kappa shape index (κ3) is 14.6. The molecule has 4 rings (SSSR count). The molecule has 0 aliphatic rings. The van der Waals surface area contributed by atoms with Crippen molar-refractivity contribution >= 4 is 53.4 Å². The van der Waals surface area contributed by atoms with Crippen LogP contribution in [0.25, 0.3) is 24.3 Å². The van der Waals surface area contributed by atoms with Crippen molar-refractivity contribution < 1.29 is 4.79 Å². The molecule has 5 heteroatoms. The van der Waals surface area contributed by atoms with Crippen LogP contribution in [0.3, 0.4) is 0 Å². The van der Waals surface area contributed by atoms with Crippen molar-refractivity contribution in [2.24, 2.45) is 5.73 Å². The van der Waals surface area contributed by atoms with E-state index in [4.69, 9.17) is 28.9 Å². The SMILES string of the molecule is CC(=O)NCCCc1cccc(C=Cc2c(C)cccc2C)c1.Cc1cccc(C)c1C=Cc1cccc(CCCN)c1.ClCCl. The standard InChI is InChI=1S/C21H25NO.C19H23N.CH2Cl2/c1-16-7-4-8-17(2)21(16)13-12-20-10-5-9-19(15-20)11-6-14-22-18(3)23;1-15-6-3-7-16(2)19(15)12-11-18-9-4-8-17(14-18)10-5-13-20;2-1-3/h4-5,7-10,12-13,15H,6,11,14H2,1-3H3,(H,22,23);3-4,6-9,11-12,14H,5,10,13,20H2,1-2H3;1H2. The van der Waals surface area contributed by atoms with Gasteiger partial charge in [0.2, 0.25) is 5.91 Å². The van der Waals surface area contributed by atoms with E-state index in [1.807, 2.05) is 0 Å². The first-order valence-electron chi connectivity index (χ1n) is 15.9. The van der Waals surface area contributed by atoms with E-state index in [2.05, 4.69) is 142 Å². The van der Waals surface area contributed by atoms with E-state index in [9.17, 15) is 4.79 Å². The summed E-state index contributed by atoms with van der Waals surface area (Å²) in [7, 11) is 0. The molecule has 3 N–H and O–H groups in total. The van der Waals surface area contributed by atoms with Gasteiger partial charge in [0.1, 0.15) is 0 Å². The lowest BCUT2D eigenvalue weighted by atomic mass is 10.0. The van der Waals surface area contributed by atoms with Gasteiger partial charge in [-0.3, -0.25) is 4.79 Å². The van der Waals surface area contributed by atoms with Crippen molar-refractivity contribution in [3.05, 3.63) is 141 Å². The lowest BCUT2D eigenvalue weighted by Gasteiger charge is -2.06. The predicted molar refractivity (Wildman–Crippen MR) is 204 cm³/mol. The van der Waals surface area contributed by atoms with Gasteiger partial charge in [-0.25, -0.2) is 0 Å². The maximum atomic E-state index is 10.9. The van der Waals surface area contributed by atoms with Crippen LogP contribution in [-0.2, 0) is 17.6 Å². The van der Waals surface area contributed by atoms with E-state index in [1.54, 1.807) is 6.92 Å². The topological polar surface area (TPSA) is 55.1 Å². The summed E-state index contributed by atoms with van der Waals surface area (Å²) in [6, 6.07) is 30.1. The smallest absolute Gasteiger partial charge is 0.216 e. The summed E-state index contributed by atoms with van der Waals surface area (Å²) in [6.07, 6.45) is 12.8. The second-order valence-electron chi connectivity index (χ2n) is 11.3. The average molecular weight is 658 g/mol. The number of carbonyl (C=O) groups excluding carboxylic acids is 1. The van der Waals surface area contributed by atoms with Gasteiger partial charge in [-0.15, -0.1) is 23.2 Å². The fourth-order valence-electron chi connectivity index (χ4n) is 5.11. The number of hydrogen-bond acceptors (Lipinski definition) is 2. The van der Waals surface area contributed by atoms with Crippen LogP contribution in [0.15, 0.2) is 84.9 Å². The maximum absolute atomic E-state index is 10.9. The molecule has 0 saturated heterocycles. The fourth-order valence-corrected chi connectivity index (χ4v) is 5.11. The van der Waals surface area contributed by atoms with Crippen molar-refractivity contribution in [2.45, 2.75) is 60.3 Å². The summed E-state index contributed by atoms with van der Waals surface area (Å²) in [5, 5.41) is 3.03. The first kappa shape index (κ1) is 38.6. The molecule has 4 aromatic rings. The van der Waals surface area contributed by atoms with Gasteiger partial charge in [0.05, 0.1) is 5.34 Å². The molecule has 1 amide bonds. The fraction of sp³-hybridized carbons (Fsp3) is 0.293. The van der Waals surface area contributed by atoms with Gasteiger partial charge in [-0.2, -0.15) is 0 Å². The quantitative estimate of drug-likeness (QED) is 0.0958. The number of nitrogens with one attached hydrogen (secondary N) is 1. The number of halogens is 2. The largest absolute Gasteiger partial charge is 0.356 e. The molecule has 244 valence electrons. The summed E-state index contributed by atoms with van der Waals surface area (Å²) < 4.78 is 0. The lowest BCUT2D eigenvalue weighted by molar-refractivity contribution is -0.118. The molecule has 0 aliphatic carbocycles. The summed E-state index contributed by atoms with van der Waals surface area (Å²) in [4.78, 5) is 10.9. The minimum atomic E-state index is 0.0373. The number of rotatable bonds is 11. The van der Waals surface area contributed by atoms with Crippen molar-refractivity contribution in [1.29, 1.82) is 0 Å². The molecule has 3 nitrogen and oxygen atoms in total. The Hall–Kier alpha value is -3.63. The Balaban J connectivity index is 0.000000297. The van der Waals surface area contributed by atoms with Crippen molar-refractivity contribution in [3.8, 4) is 0 Å². The van der Waals surface area contributed by atoms with E-state index in [0.717, 1.165) is 38.8 Å². The number of alkyl halides is 2. The second-order valence-corrected chi connectivity index (χ2v) is 12.2. The lowest BCUT2D eigenvalue weighted by Crippen LogP contribution is -2.21. The second kappa shape index (κ2) is 22.0. The number of amides is 1. The number of nitrogens with two attached hydrogens (primary N) is 1. The summed E-state index contributed by atoms with van der Waals surface area (Å²) in [5.41, 5.74) is 18.5. The minimum Gasteiger partial charge on any atom is -0.356 e. The molecule has 0 heterocycles. The molecule has 0 bridgehead atoms. The molecule has 0 atom stereocenters. The van der Waals surface area contributed by atoms with Crippen molar-refractivity contribution in [2.75, 3.05) is 18.4 Å². The Morgan fingerprint density at radius 3 is 1.43 bits per heavy atom. The van der Waals surface area contributed by atoms with Crippen LogP contribution in [0.1, 0.15) is 75.4 Å². The predicted octanol–water partition coefficient (Wildman–Crippen LogP) is 10.3. The van der Waals surface area contributed by atoms with Crippen LogP contribution in [0.4, 0.5) is 0 Å². The van der Waals surface area contributed by atoms with Gasteiger partial charge in [0.15, 0.2) is 0 Å². The average Bonchev–Trinajstić information content (AvgIpc) is 3.03. The summed E-state index contributed by atoms with van der Waals surface area (Å²) in [5.74, 6) is 0.0373. The Morgan fingerprint density at radius 1 is 0.652 bits per heavy atom. The first-order chi connectivity index (χ1) is 22.2. The van der Waals surface area contributed by atoms with Crippen molar-refractivity contribution in [1.82, 2.24) is 5.32 Å². The molecule has 0 aliphatic heterocycles. The first-order valence-corrected chi connectivity index (χ1v) is 17.0. The monoisotopic (exact) mass is 656 g/mol.